The minimum absolute atomic E-state index is 0.102. The fourth-order valence-electron chi connectivity index (χ4n) is 2.07. The van der Waals surface area contributed by atoms with Gasteiger partial charge in [0.25, 0.3) is 0 Å². The highest BCUT2D eigenvalue weighted by atomic mass is 32.1. The lowest BCUT2D eigenvalue weighted by molar-refractivity contribution is -0.126. The lowest BCUT2D eigenvalue weighted by Gasteiger charge is -2.29. The van der Waals surface area contributed by atoms with Gasteiger partial charge in [-0.1, -0.05) is 45.8 Å². The molecule has 0 bridgehead atoms. The van der Waals surface area contributed by atoms with Crippen LogP contribution in [0.15, 0.2) is 0 Å². The summed E-state index contributed by atoms with van der Waals surface area (Å²) in [6, 6.07) is -0.131. The number of nitrogens with two attached hydrogens (primary N) is 1. The molecule has 0 aliphatic heterocycles. The van der Waals surface area contributed by atoms with Crippen molar-refractivity contribution < 1.29 is 4.79 Å². The largest absolute Gasteiger partial charge is 0.393 e. The third-order valence-corrected chi connectivity index (χ3v) is 3.46. The third-order valence-electron chi connectivity index (χ3n) is 3.25. The van der Waals surface area contributed by atoms with E-state index in [9.17, 15) is 4.79 Å². The molecule has 0 aliphatic carbocycles. The minimum atomic E-state index is -0.131. The number of rotatable bonds is 11. The molecule has 1 atom stereocenters. The molecule has 0 saturated heterocycles. The molecule has 0 fully saturated rings. The van der Waals surface area contributed by atoms with E-state index < -0.39 is 0 Å². The summed E-state index contributed by atoms with van der Waals surface area (Å²) in [7, 11) is 0. The molecule has 3 N–H and O–H groups in total. The van der Waals surface area contributed by atoms with Crippen LogP contribution >= 0.6 is 12.2 Å². The lowest BCUT2D eigenvalue weighted by Crippen LogP contribution is -2.47. The number of nitrogens with zero attached hydrogens (tertiary/aromatic N) is 1. The maximum Gasteiger partial charge on any atom is 0.237 e. The van der Waals surface area contributed by atoms with Gasteiger partial charge < -0.3 is 11.1 Å². The number of amides is 1. The van der Waals surface area contributed by atoms with Gasteiger partial charge in [-0.05, 0) is 19.3 Å². The van der Waals surface area contributed by atoms with Crippen LogP contribution in [-0.4, -0.2) is 41.5 Å². The molecule has 1 unspecified atom stereocenters. The van der Waals surface area contributed by atoms with E-state index in [1.807, 2.05) is 6.92 Å². The quantitative estimate of drug-likeness (QED) is 0.454. The zero-order valence-corrected chi connectivity index (χ0v) is 14.3. The summed E-state index contributed by atoms with van der Waals surface area (Å²) >= 11 is 4.93. The van der Waals surface area contributed by atoms with Gasteiger partial charge in [0, 0.05) is 26.1 Å². The summed E-state index contributed by atoms with van der Waals surface area (Å²) in [6.45, 7) is 10.8. The Labute approximate surface area is 129 Å². The first-order valence-corrected chi connectivity index (χ1v) is 8.09. The first kappa shape index (κ1) is 19.3. The first-order valence-electron chi connectivity index (χ1n) is 7.68. The molecule has 0 aromatic heterocycles. The van der Waals surface area contributed by atoms with Crippen molar-refractivity contribution in [3.05, 3.63) is 0 Å². The van der Waals surface area contributed by atoms with Gasteiger partial charge in [-0.15, -0.1) is 0 Å². The van der Waals surface area contributed by atoms with Gasteiger partial charge in [-0.25, -0.2) is 0 Å². The molecule has 0 spiro atoms. The lowest BCUT2D eigenvalue weighted by atomic mass is 10.1. The van der Waals surface area contributed by atoms with E-state index in [0.717, 1.165) is 32.5 Å². The van der Waals surface area contributed by atoms with Crippen molar-refractivity contribution >= 4 is 23.1 Å². The number of carbonyl (C=O) groups excluding carboxylic acids is 1. The van der Waals surface area contributed by atoms with Crippen molar-refractivity contribution in [3.63, 3.8) is 0 Å². The van der Waals surface area contributed by atoms with Gasteiger partial charge in [-0.3, -0.25) is 9.69 Å². The number of thiocarbonyl (C=S) groups is 1. The Morgan fingerprint density at radius 1 is 1.30 bits per heavy atom. The third kappa shape index (κ3) is 9.26. The highest BCUT2D eigenvalue weighted by Crippen LogP contribution is 2.06. The summed E-state index contributed by atoms with van der Waals surface area (Å²) in [5, 5.41) is 3.01. The van der Waals surface area contributed by atoms with Crippen molar-refractivity contribution in [3.8, 4) is 0 Å². The Hall–Kier alpha value is -0.680. The Kier molecular flexibility index (Phi) is 10.7. The van der Waals surface area contributed by atoms with Crippen LogP contribution in [0.3, 0.4) is 0 Å². The number of hydrogen-bond donors (Lipinski definition) is 2. The molecule has 0 saturated carbocycles. The van der Waals surface area contributed by atoms with Gasteiger partial charge in [0.2, 0.25) is 5.91 Å². The maximum atomic E-state index is 12.2. The Balaban J connectivity index is 4.31. The monoisotopic (exact) mass is 301 g/mol. The van der Waals surface area contributed by atoms with Gasteiger partial charge in [0.1, 0.15) is 0 Å². The molecule has 1 amide bonds. The van der Waals surface area contributed by atoms with Gasteiger partial charge in [0.15, 0.2) is 0 Å². The van der Waals surface area contributed by atoms with Crippen molar-refractivity contribution in [2.75, 3.05) is 19.6 Å². The number of nitrogens with one attached hydrogen (secondary N) is 1. The SMILES string of the molecule is CCCCCNC(=O)C(C)N(CCC(N)=S)CC(C)C. The van der Waals surface area contributed by atoms with E-state index in [1.54, 1.807) is 0 Å². The predicted octanol–water partition coefficient (Wildman–Crippen LogP) is 2.32. The summed E-state index contributed by atoms with van der Waals surface area (Å²) in [5.41, 5.74) is 5.57. The van der Waals surface area contributed by atoms with E-state index in [0.29, 0.717) is 17.3 Å². The van der Waals surface area contributed by atoms with Crippen LogP contribution in [0.4, 0.5) is 0 Å². The molecule has 5 heteroatoms. The van der Waals surface area contributed by atoms with Crippen LogP contribution in [0.5, 0.6) is 0 Å². The van der Waals surface area contributed by atoms with E-state index in [4.69, 9.17) is 18.0 Å². The Morgan fingerprint density at radius 3 is 2.45 bits per heavy atom. The van der Waals surface area contributed by atoms with E-state index in [2.05, 4.69) is 31.0 Å². The molecule has 0 heterocycles. The van der Waals surface area contributed by atoms with Gasteiger partial charge >= 0.3 is 0 Å². The molecule has 4 nitrogen and oxygen atoms in total. The average Bonchev–Trinajstić information content (AvgIpc) is 2.37. The summed E-state index contributed by atoms with van der Waals surface area (Å²) < 4.78 is 0. The zero-order valence-electron chi connectivity index (χ0n) is 13.4. The topological polar surface area (TPSA) is 58.4 Å². The minimum Gasteiger partial charge on any atom is -0.393 e. The second-order valence-electron chi connectivity index (χ2n) is 5.78. The highest BCUT2D eigenvalue weighted by Gasteiger charge is 2.21. The van der Waals surface area contributed by atoms with Crippen LogP contribution in [0.2, 0.25) is 0 Å². The van der Waals surface area contributed by atoms with Crippen LogP contribution < -0.4 is 11.1 Å². The van der Waals surface area contributed by atoms with Crippen molar-refractivity contribution in [1.29, 1.82) is 0 Å². The molecule has 0 aliphatic rings. The summed E-state index contributed by atoms with van der Waals surface area (Å²) in [4.78, 5) is 14.8. The van der Waals surface area contributed by atoms with Gasteiger partial charge in [-0.2, -0.15) is 0 Å². The molecule has 0 aromatic rings. The molecule has 0 rings (SSSR count). The number of hydrogen-bond acceptors (Lipinski definition) is 3. The second kappa shape index (κ2) is 11.0. The van der Waals surface area contributed by atoms with Crippen LogP contribution in [-0.2, 0) is 4.79 Å². The van der Waals surface area contributed by atoms with Crippen LogP contribution in [0, 0.1) is 5.92 Å². The maximum absolute atomic E-state index is 12.2. The van der Waals surface area contributed by atoms with E-state index >= 15 is 0 Å². The van der Waals surface area contributed by atoms with E-state index in [1.165, 1.54) is 6.42 Å². The molecule has 0 aromatic carbocycles. The summed E-state index contributed by atoms with van der Waals surface area (Å²) in [6.07, 6.45) is 4.03. The molecular weight excluding hydrogens is 270 g/mol. The Bertz CT molecular complexity index is 295. The van der Waals surface area contributed by atoms with Crippen molar-refractivity contribution in [2.45, 2.75) is 59.4 Å². The Morgan fingerprint density at radius 2 is 1.95 bits per heavy atom. The zero-order chi connectivity index (χ0) is 15.5. The summed E-state index contributed by atoms with van der Waals surface area (Å²) in [5.74, 6) is 0.612. The normalized spacial score (nSPS) is 12.7. The van der Waals surface area contributed by atoms with Crippen LogP contribution in [0.1, 0.15) is 53.4 Å². The number of unbranched alkanes of at least 4 members (excludes halogenated alkanes) is 2. The van der Waals surface area contributed by atoms with Crippen molar-refractivity contribution in [1.82, 2.24) is 10.2 Å². The smallest absolute Gasteiger partial charge is 0.237 e. The van der Waals surface area contributed by atoms with E-state index in [-0.39, 0.29) is 11.9 Å². The molecule has 20 heavy (non-hydrogen) atoms. The molecule has 118 valence electrons. The first-order chi connectivity index (χ1) is 9.38. The average molecular weight is 302 g/mol. The molecular formula is C15H31N3OS. The molecule has 0 radical (unpaired) electrons. The van der Waals surface area contributed by atoms with Crippen molar-refractivity contribution in [2.24, 2.45) is 11.7 Å². The van der Waals surface area contributed by atoms with Gasteiger partial charge in [0.05, 0.1) is 11.0 Å². The van der Waals surface area contributed by atoms with Crippen LogP contribution in [0.25, 0.3) is 0 Å². The number of carbonyl (C=O) groups is 1. The predicted molar refractivity (Wildman–Crippen MR) is 89.8 cm³/mol. The standard InChI is InChI=1S/C15H31N3OS/c1-5-6-7-9-17-15(19)13(4)18(11-12(2)3)10-8-14(16)20/h12-13H,5-11H2,1-4H3,(H2,16,20)(H,17,19). The fraction of sp³-hybridized carbons (Fsp3) is 0.867. The second-order valence-corrected chi connectivity index (χ2v) is 6.30. The fourth-order valence-corrected chi connectivity index (χ4v) is 2.16. The highest BCUT2D eigenvalue weighted by molar-refractivity contribution is 7.80.